The van der Waals surface area contributed by atoms with E-state index < -0.39 is 0 Å². The van der Waals surface area contributed by atoms with Gasteiger partial charge in [0.25, 0.3) is 17.4 Å². The number of carbonyl (C=O) groups excluding carboxylic acids is 2. The molecule has 1 aliphatic carbocycles. The summed E-state index contributed by atoms with van der Waals surface area (Å²) in [5.74, 6) is -0.524. The molecule has 31 heavy (non-hydrogen) atoms. The summed E-state index contributed by atoms with van der Waals surface area (Å²) in [6, 6.07) is 17.7. The minimum atomic E-state index is -0.366. The predicted octanol–water partition coefficient (Wildman–Crippen LogP) is 4.07. The molecule has 1 aromatic heterocycles. The molecule has 1 aliphatic rings. The molecule has 1 heterocycles. The molecule has 0 bridgehead atoms. The Hall–Kier alpha value is -3.67. The van der Waals surface area contributed by atoms with Gasteiger partial charge in [-0.3, -0.25) is 19.0 Å². The zero-order valence-corrected chi connectivity index (χ0v) is 17.4. The first-order valence-electron chi connectivity index (χ1n) is 10.5. The molecule has 3 aromatic rings. The van der Waals surface area contributed by atoms with E-state index in [4.69, 9.17) is 0 Å². The number of nitrogens with one attached hydrogen (secondary N) is 2. The zero-order chi connectivity index (χ0) is 21.8. The maximum absolute atomic E-state index is 12.9. The van der Waals surface area contributed by atoms with E-state index in [0.29, 0.717) is 16.9 Å². The van der Waals surface area contributed by atoms with E-state index >= 15 is 0 Å². The van der Waals surface area contributed by atoms with Crippen LogP contribution < -0.4 is 16.2 Å². The van der Waals surface area contributed by atoms with Crippen molar-refractivity contribution in [1.29, 1.82) is 0 Å². The lowest BCUT2D eigenvalue weighted by atomic mass is 10.1. The molecule has 6 heteroatoms. The average molecular weight is 415 g/mol. The Morgan fingerprint density at radius 2 is 1.58 bits per heavy atom. The molecule has 2 aromatic carbocycles. The Morgan fingerprint density at radius 1 is 0.903 bits per heavy atom. The van der Waals surface area contributed by atoms with Crippen molar-refractivity contribution in [2.45, 2.75) is 38.6 Å². The maximum atomic E-state index is 12.9. The number of carbonyl (C=O) groups is 2. The summed E-state index contributed by atoms with van der Waals surface area (Å²) in [6.45, 7) is 1.97. The first kappa shape index (κ1) is 20.6. The van der Waals surface area contributed by atoms with Gasteiger partial charge in [0.15, 0.2) is 0 Å². The summed E-state index contributed by atoms with van der Waals surface area (Å²) >= 11 is 0. The highest BCUT2D eigenvalue weighted by molar-refractivity contribution is 6.04. The Balaban J connectivity index is 1.49. The number of hydrogen-bond donors (Lipinski definition) is 2. The molecule has 158 valence electrons. The summed E-state index contributed by atoms with van der Waals surface area (Å²) in [5, 5.41) is 5.82. The van der Waals surface area contributed by atoms with E-state index in [1.807, 2.05) is 19.1 Å². The number of anilines is 1. The van der Waals surface area contributed by atoms with Crippen LogP contribution >= 0.6 is 0 Å². The number of aromatic nitrogens is 1. The van der Waals surface area contributed by atoms with Crippen LogP contribution in [0.15, 0.2) is 71.7 Å². The Labute approximate surface area is 180 Å². The van der Waals surface area contributed by atoms with Crippen LogP contribution in [-0.4, -0.2) is 22.4 Å². The minimum Gasteiger partial charge on any atom is -0.349 e. The lowest BCUT2D eigenvalue weighted by molar-refractivity contribution is 0.0935. The molecule has 6 nitrogen and oxygen atoms in total. The van der Waals surface area contributed by atoms with Gasteiger partial charge in [-0.15, -0.1) is 0 Å². The van der Waals surface area contributed by atoms with Crippen LogP contribution in [0.3, 0.4) is 0 Å². The average Bonchev–Trinajstić information content (AvgIpc) is 3.28. The van der Waals surface area contributed by atoms with Gasteiger partial charge in [-0.2, -0.15) is 0 Å². The highest BCUT2D eigenvalue weighted by atomic mass is 16.2. The van der Waals surface area contributed by atoms with Crippen molar-refractivity contribution in [3.05, 3.63) is 93.9 Å². The quantitative estimate of drug-likeness (QED) is 0.659. The third-order valence-electron chi connectivity index (χ3n) is 5.60. The molecule has 0 unspecified atom stereocenters. The molecule has 0 atom stereocenters. The van der Waals surface area contributed by atoms with E-state index in [1.54, 1.807) is 54.7 Å². The number of nitrogens with zero attached hydrogens (tertiary/aromatic N) is 1. The third kappa shape index (κ3) is 4.74. The van der Waals surface area contributed by atoms with E-state index in [2.05, 4.69) is 10.6 Å². The number of rotatable bonds is 5. The van der Waals surface area contributed by atoms with E-state index in [9.17, 15) is 14.4 Å². The van der Waals surface area contributed by atoms with Gasteiger partial charge in [-0.1, -0.05) is 30.5 Å². The van der Waals surface area contributed by atoms with E-state index in [0.717, 1.165) is 31.2 Å². The van der Waals surface area contributed by atoms with Crippen LogP contribution in [-0.2, 0) is 0 Å². The molecule has 0 radical (unpaired) electrons. The second-order valence-electron chi connectivity index (χ2n) is 7.92. The highest BCUT2D eigenvalue weighted by Gasteiger charge is 2.20. The Morgan fingerprint density at radius 3 is 2.26 bits per heavy atom. The highest BCUT2D eigenvalue weighted by Crippen LogP contribution is 2.18. The molecule has 0 aliphatic heterocycles. The van der Waals surface area contributed by atoms with Crippen LogP contribution in [0.2, 0.25) is 0 Å². The van der Waals surface area contributed by atoms with Gasteiger partial charge in [0.2, 0.25) is 0 Å². The summed E-state index contributed by atoms with van der Waals surface area (Å²) in [7, 11) is 0. The lowest BCUT2D eigenvalue weighted by Gasteiger charge is -2.13. The molecule has 0 saturated heterocycles. The van der Waals surface area contributed by atoms with Gasteiger partial charge in [0, 0.05) is 29.2 Å². The van der Waals surface area contributed by atoms with Crippen molar-refractivity contribution in [3.8, 4) is 5.69 Å². The summed E-state index contributed by atoms with van der Waals surface area (Å²) < 4.78 is 1.44. The summed E-state index contributed by atoms with van der Waals surface area (Å²) in [6.07, 6.45) is 5.77. The first-order valence-corrected chi connectivity index (χ1v) is 10.5. The second-order valence-corrected chi connectivity index (χ2v) is 7.92. The largest absolute Gasteiger partial charge is 0.349 e. The van der Waals surface area contributed by atoms with Gasteiger partial charge in [0.1, 0.15) is 5.56 Å². The number of pyridine rings is 1. The van der Waals surface area contributed by atoms with Crippen molar-refractivity contribution in [3.63, 3.8) is 0 Å². The van der Waals surface area contributed by atoms with Crippen molar-refractivity contribution in [2.75, 3.05) is 5.32 Å². The van der Waals surface area contributed by atoms with Crippen molar-refractivity contribution >= 4 is 17.5 Å². The molecular formula is C25H25N3O3. The fraction of sp³-hybridized carbons (Fsp3) is 0.240. The van der Waals surface area contributed by atoms with Crippen LogP contribution in [0.1, 0.15) is 52.0 Å². The monoisotopic (exact) mass is 415 g/mol. The van der Waals surface area contributed by atoms with E-state index in [-0.39, 0.29) is 29.0 Å². The van der Waals surface area contributed by atoms with Gasteiger partial charge in [-0.25, -0.2) is 0 Å². The standard InChI is InChI=1S/C25H25N3O3/c1-17-8-10-18(11-9-17)23(29)26-20-12-14-21(15-13-20)28-16-4-7-22(25(28)31)24(30)27-19-5-2-3-6-19/h4,7-16,19H,2-3,5-6H2,1H3,(H,26,29)(H,27,30). The maximum Gasteiger partial charge on any atom is 0.267 e. The molecular weight excluding hydrogens is 390 g/mol. The predicted molar refractivity (Wildman–Crippen MR) is 121 cm³/mol. The van der Waals surface area contributed by atoms with Gasteiger partial charge < -0.3 is 10.6 Å². The SMILES string of the molecule is Cc1ccc(C(=O)Nc2ccc(-n3cccc(C(=O)NC4CCCC4)c3=O)cc2)cc1. The van der Waals surface area contributed by atoms with Gasteiger partial charge in [-0.05, 0) is 68.3 Å². The fourth-order valence-corrected chi connectivity index (χ4v) is 3.82. The van der Waals surface area contributed by atoms with E-state index in [1.165, 1.54) is 4.57 Å². The molecule has 1 fully saturated rings. The van der Waals surface area contributed by atoms with Crippen molar-refractivity contribution in [2.24, 2.45) is 0 Å². The fourth-order valence-electron chi connectivity index (χ4n) is 3.82. The number of aryl methyl sites for hydroxylation is 1. The van der Waals surface area contributed by atoms with Gasteiger partial charge in [0.05, 0.1) is 0 Å². The molecule has 1 saturated carbocycles. The third-order valence-corrected chi connectivity index (χ3v) is 5.60. The van der Waals surface area contributed by atoms with Crippen LogP contribution in [0.4, 0.5) is 5.69 Å². The van der Waals surface area contributed by atoms with Crippen LogP contribution in [0.5, 0.6) is 0 Å². The summed E-state index contributed by atoms with van der Waals surface area (Å²) in [5.41, 5.74) is 2.67. The molecule has 0 spiro atoms. The molecule has 4 rings (SSSR count). The topological polar surface area (TPSA) is 80.2 Å². The lowest BCUT2D eigenvalue weighted by Crippen LogP contribution is -2.37. The summed E-state index contributed by atoms with van der Waals surface area (Å²) in [4.78, 5) is 37.8. The van der Waals surface area contributed by atoms with Crippen molar-refractivity contribution < 1.29 is 9.59 Å². The number of hydrogen-bond acceptors (Lipinski definition) is 3. The molecule has 2 N–H and O–H groups in total. The van der Waals surface area contributed by atoms with Gasteiger partial charge >= 0.3 is 0 Å². The number of benzene rings is 2. The smallest absolute Gasteiger partial charge is 0.267 e. The first-order chi connectivity index (χ1) is 15.0. The zero-order valence-electron chi connectivity index (χ0n) is 17.4. The Bertz CT molecular complexity index is 1140. The van der Waals surface area contributed by atoms with Crippen LogP contribution in [0.25, 0.3) is 5.69 Å². The van der Waals surface area contributed by atoms with Crippen LogP contribution in [0, 0.1) is 6.92 Å². The molecule has 2 amide bonds. The van der Waals surface area contributed by atoms with Crippen molar-refractivity contribution in [1.82, 2.24) is 9.88 Å². The normalized spacial score (nSPS) is 13.7. The second kappa shape index (κ2) is 9.00. The number of amides is 2. The minimum absolute atomic E-state index is 0.131. The Kier molecular flexibility index (Phi) is 5.98.